The molecule has 7 nitrogen and oxygen atoms in total. The number of carbonyl (C=O) groups excluding carboxylic acids is 1. The first kappa shape index (κ1) is 23.4. The average Bonchev–Trinajstić information content (AvgIpc) is 3.10. The number of hydrazone groups is 1. The van der Waals surface area contributed by atoms with Gasteiger partial charge in [-0.25, -0.2) is 5.43 Å². The first-order chi connectivity index (χ1) is 14.8. The van der Waals surface area contributed by atoms with Gasteiger partial charge in [0.2, 0.25) is 0 Å². The molecule has 3 aromatic rings. The van der Waals surface area contributed by atoms with Gasteiger partial charge in [0, 0.05) is 33.3 Å². The number of phenols is 1. The van der Waals surface area contributed by atoms with Crippen molar-refractivity contribution >= 4 is 39.2 Å². The number of nitrogens with one attached hydrogen (secondary N) is 1. The summed E-state index contributed by atoms with van der Waals surface area (Å²) >= 11 is 1.24. The number of hydrogen-bond acceptors (Lipinski definition) is 6. The molecule has 1 aromatic heterocycles. The van der Waals surface area contributed by atoms with E-state index in [9.17, 15) is 20.0 Å². The number of fused-ring (bicyclic) bond motifs is 1. The van der Waals surface area contributed by atoms with Crippen LogP contribution in [0, 0.1) is 10.1 Å². The number of aromatic hydroxyl groups is 1. The number of carbonyl (C=O) groups is 1. The minimum atomic E-state index is -0.462. The number of nitro groups is 1. The van der Waals surface area contributed by atoms with Gasteiger partial charge in [-0.15, -0.1) is 11.3 Å². The highest BCUT2D eigenvalue weighted by Crippen LogP contribution is 2.39. The summed E-state index contributed by atoms with van der Waals surface area (Å²) in [5, 5.41) is 26.5. The van der Waals surface area contributed by atoms with E-state index in [1.54, 1.807) is 18.3 Å². The van der Waals surface area contributed by atoms with E-state index in [2.05, 4.69) is 10.5 Å². The number of hydrogen-bond donors (Lipinski definition) is 2. The van der Waals surface area contributed by atoms with E-state index in [1.807, 2.05) is 53.7 Å². The normalized spacial score (nSPS) is 12.4. The number of nitro benzene ring substituents is 1. The van der Waals surface area contributed by atoms with Crippen LogP contribution in [0.25, 0.3) is 10.1 Å². The molecular weight excluding hydrogens is 426 g/mol. The van der Waals surface area contributed by atoms with E-state index in [0.29, 0.717) is 10.3 Å². The molecule has 0 aliphatic carbocycles. The van der Waals surface area contributed by atoms with Crippen LogP contribution in [0.2, 0.25) is 0 Å². The molecule has 0 aliphatic heterocycles. The molecule has 0 saturated heterocycles. The van der Waals surface area contributed by atoms with Crippen LogP contribution in [0.1, 0.15) is 67.9 Å². The highest BCUT2D eigenvalue weighted by molar-refractivity contribution is 7.20. The van der Waals surface area contributed by atoms with Gasteiger partial charge in [-0.2, -0.15) is 5.10 Å². The second-order valence-electron chi connectivity index (χ2n) is 9.75. The summed E-state index contributed by atoms with van der Waals surface area (Å²) in [6, 6.07) is 9.87. The van der Waals surface area contributed by atoms with Crippen molar-refractivity contribution in [3.63, 3.8) is 0 Å². The fraction of sp³-hybridized carbons (Fsp3) is 0.333. The number of benzene rings is 2. The molecule has 2 aromatic carbocycles. The van der Waals surface area contributed by atoms with Crippen LogP contribution in [-0.4, -0.2) is 22.2 Å². The number of nitrogens with zero attached hydrogens (tertiary/aromatic N) is 2. The molecule has 1 heterocycles. The standard InChI is InChI=1S/C24H27N3O4S/c1-23(2,3)17-9-14(10-18(21(17)28)24(4,5)6)13-25-26-22(29)20-12-15-11-16(27(30)31)7-8-19(15)32-20/h7-13,28H,1-6H3,(H,26,29)/b25-13-. The summed E-state index contributed by atoms with van der Waals surface area (Å²) in [5.41, 5.74) is 4.36. The highest BCUT2D eigenvalue weighted by Gasteiger charge is 2.26. The quantitative estimate of drug-likeness (QED) is 0.293. The minimum Gasteiger partial charge on any atom is -0.507 e. The Bertz CT molecular complexity index is 1200. The molecule has 0 bridgehead atoms. The maximum Gasteiger partial charge on any atom is 0.281 e. The fourth-order valence-electron chi connectivity index (χ4n) is 3.35. The zero-order chi connectivity index (χ0) is 23.8. The number of non-ortho nitro benzene ring substituents is 1. The summed E-state index contributed by atoms with van der Waals surface area (Å²) in [7, 11) is 0. The van der Waals surface area contributed by atoms with Crippen LogP contribution in [-0.2, 0) is 10.8 Å². The van der Waals surface area contributed by atoms with E-state index in [4.69, 9.17) is 0 Å². The molecule has 0 unspecified atom stereocenters. The highest BCUT2D eigenvalue weighted by atomic mass is 32.1. The third-order valence-corrected chi connectivity index (χ3v) is 6.18. The second-order valence-corrected chi connectivity index (χ2v) is 10.8. The van der Waals surface area contributed by atoms with E-state index in [0.717, 1.165) is 21.4 Å². The summed E-state index contributed by atoms with van der Waals surface area (Å²) in [6.07, 6.45) is 1.56. The molecule has 2 N–H and O–H groups in total. The molecule has 0 spiro atoms. The van der Waals surface area contributed by atoms with Crippen molar-refractivity contribution in [1.29, 1.82) is 0 Å². The van der Waals surface area contributed by atoms with Gasteiger partial charge >= 0.3 is 0 Å². The van der Waals surface area contributed by atoms with Crippen LogP contribution in [0.5, 0.6) is 5.75 Å². The third-order valence-electron chi connectivity index (χ3n) is 5.06. The first-order valence-corrected chi connectivity index (χ1v) is 11.0. The lowest BCUT2D eigenvalue weighted by Gasteiger charge is -2.27. The van der Waals surface area contributed by atoms with Crippen LogP contribution in [0.15, 0.2) is 41.5 Å². The summed E-state index contributed by atoms with van der Waals surface area (Å²) in [5.74, 6) is -0.110. The first-order valence-electron chi connectivity index (χ1n) is 10.2. The van der Waals surface area contributed by atoms with Crippen molar-refractivity contribution in [3.8, 4) is 5.75 Å². The Hall–Kier alpha value is -3.26. The Labute approximate surface area is 190 Å². The second kappa shape index (κ2) is 8.35. The van der Waals surface area contributed by atoms with E-state index in [1.165, 1.54) is 23.5 Å². The van der Waals surface area contributed by atoms with Crippen molar-refractivity contribution in [2.75, 3.05) is 0 Å². The van der Waals surface area contributed by atoms with Gasteiger partial charge in [0.05, 0.1) is 16.0 Å². The predicted molar refractivity (Wildman–Crippen MR) is 129 cm³/mol. The van der Waals surface area contributed by atoms with Crippen LogP contribution in [0.4, 0.5) is 5.69 Å². The Kier molecular flexibility index (Phi) is 6.11. The molecule has 3 rings (SSSR count). The molecule has 1 amide bonds. The zero-order valence-electron chi connectivity index (χ0n) is 19.0. The molecule has 0 radical (unpaired) electrons. The monoisotopic (exact) mass is 453 g/mol. The molecule has 8 heteroatoms. The van der Waals surface area contributed by atoms with Crippen molar-refractivity contribution in [3.05, 3.63) is 68.1 Å². The number of rotatable bonds is 4. The summed E-state index contributed by atoms with van der Waals surface area (Å²) in [6.45, 7) is 12.2. The largest absolute Gasteiger partial charge is 0.507 e. The van der Waals surface area contributed by atoms with E-state index < -0.39 is 10.8 Å². The van der Waals surface area contributed by atoms with Crippen LogP contribution < -0.4 is 5.43 Å². The topological polar surface area (TPSA) is 105 Å². The van der Waals surface area contributed by atoms with Gasteiger partial charge in [0.25, 0.3) is 11.6 Å². The molecular formula is C24H27N3O4S. The molecule has 0 atom stereocenters. The van der Waals surface area contributed by atoms with E-state index in [-0.39, 0.29) is 22.3 Å². The van der Waals surface area contributed by atoms with E-state index >= 15 is 0 Å². The maximum atomic E-state index is 12.5. The molecule has 0 aliphatic rings. The van der Waals surface area contributed by atoms with Crippen molar-refractivity contribution in [1.82, 2.24) is 5.43 Å². The minimum absolute atomic E-state index is 0.0167. The molecule has 32 heavy (non-hydrogen) atoms. The predicted octanol–water partition coefficient (Wildman–Crippen LogP) is 5.87. The molecule has 0 fully saturated rings. The third kappa shape index (κ3) is 4.96. The van der Waals surface area contributed by atoms with Gasteiger partial charge in [0.1, 0.15) is 5.75 Å². The van der Waals surface area contributed by atoms with Gasteiger partial charge in [-0.05, 0) is 40.7 Å². The maximum absolute atomic E-state index is 12.5. The fourth-order valence-corrected chi connectivity index (χ4v) is 4.28. The van der Waals surface area contributed by atoms with Crippen molar-refractivity contribution in [2.24, 2.45) is 5.10 Å². The van der Waals surface area contributed by atoms with Crippen LogP contribution >= 0.6 is 11.3 Å². The van der Waals surface area contributed by atoms with Crippen molar-refractivity contribution in [2.45, 2.75) is 52.4 Å². The lowest BCUT2D eigenvalue weighted by molar-refractivity contribution is -0.384. The van der Waals surface area contributed by atoms with Gasteiger partial charge in [0.15, 0.2) is 0 Å². The van der Waals surface area contributed by atoms with Crippen molar-refractivity contribution < 1.29 is 14.8 Å². The Morgan fingerprint density at radius 2 is 1.66 bits per heavy atom. The lowest BCUT2D eigenvalue weighted by Crippen LogP contribution is -2.18. The van der Waals surface area contributed by atoms with Gasteiger partial charge in [-0.3, -0.25) is 14.9 Å². The summed E-state index contributed by atoms with van der Waals surface area (Å²) < 4.78 is 0.785. The zero-order valence-corrected chi connectivity index (χ0v) is 19.8. The Morgan fingerprint density at radius 1 is 1.06 bits per heavy atom. The number of phenolic OH excluding ortho intramolecular Hbond substituents is 1. The van der Waals surface area contributed by atoms with Crippen LogP contribution in [0.3, 0.4) is 0 Å². The van der Waals surface area contributed by atoms with Gasteiger partial charge < -0.3 is 5.11 Å². The van der Waals surface area contributed by atoms with Gasteiger partial charge in [-0.1, -0.05) is 41.5 Å². The smallest absolute Gasteiger partial charge is 0.281 e. The lowest BCUT2D eigenvalue weighted by atomic mass is 9.78. The summed E-state index contributed by atoms with van der Waals surface area (Å²) in [4.78, 5) is 23.4. The average molecular weight is 454 g/mol. The number of thiophene rings is 1. The molecule has 0 saturated carbocycles. The Balaban J connectivity index is 1.86. The molecule has 168 valence electrons. The SMILES string of the molecule is CC(C)(C)c1cc(/C=N\NC(=O)c2cc3cc([N+](=O)[O-])ccc3s2)cc(C(C)(C)C)c1O. The number of amides is 1. The Morgan fingerprint density at radius 3 is 2.19 bits per heavy atom.